The standard InChI is InChI=1S/C41H42O7S2/c1-30-18-22-35(23-19-30)49-41-40(46-28-34-16-10-5-11-17-34)39(45-27-33-14-8-4-9-15-33)38(44-26-32-12-6-3-7-13-32)37(48-41)29-47-50(42,43)36-24-20-31(2)21-25-36/h3-25,37-41H,26-29H2,1-2H3/t37-,38-,39+,40-,41+/m1/s1. The molecule has 0 bridgehead atoms. The maximum atomic E-state index is 13.4. The number of thioether (sulfide) groups is 1. The van der Waals surface area contributed by atoms with Gasteiger partial charge in [-0.1, -0.05) is 138 Å². The number of hydrogen-bond acceptors (Lipinski definition) is 8. The molecule has 0 aliphatic carbocycles. The van der Waals surface area contributed by atoms with Crippen molar-refractivity contribution in [2.45, 2.75) is 73.3 Å². The van der Waals surface area contributed by atoms with Crippen LogP contribution in [0.3, 0.4) is 0 Å². The fourth-order valence-corrected chi connectivity index (χ4v) is 7.70. The summed E-state index contributed by atoms with van der Waals surface area (Å²) in [6.07, 6.45) is -2.83. The number of benzene rings is 5. The molecule has 50 heavy (non-hydrogen) atoms. The highest BCUT2D eigenvalue weighted by Gasteiger charge is 2.49. The number of aryl methyl sites for hydroxylation is 2. The van der Waals surface area contributed by atoms with Gasteiger partial charge in [0.05, 0.1) is 31.3 Å². The molecule has 5 aromatic rings. The summed E-state index contributed by atoms with van der Waals surface area (Å²) in [7, 11) is -4.10. The van der Waals surface area contributed by atoms with E-state index in [4.69, 9.17) is 23.1 Å². The summed E-state index contributed by atoms with van der Waals surface area (Å²) < 4.78 is 59.5. The molecule has 7 nitrogen and oxygen atoms in total. The van der Waals surface area contributed by atoms with Crippen LogP contribution in [0.2, 0.25) is 0 Å². The number of rotatable bonds is 15. The van der Waals surface area contributed by atoms with Crippen LogP contribution >= 0.6 is 11.8 Å². The molecule has 0 spiro atoms. The Balaban J connectivity index is 1.35. The molecule has 0 N–H and O–H groups in total. The lowest BCUT2D eigenvalue weighted by molar-refractivity contribution is -0.250. The zero-order chi connectivity index (χ0) is 34.8. The second-order valence-electron chi connectivity index (χ2n) is 12.3. The molecule has 0 saturated carbocycles. The topological polar surface area (TPSA) is 80.3 Å². The van der Waals surface area contributed by atoms with Gasteiger partial charge >= 0.3 is 0 Å². The molecular weight excluding hydrogens is 669 g/mol. The molecule has 260 valence electrons. The second-order valence-corrected chi connectivity index (χ2v) is 15.1. The van der Waals surface area contributed by atoms with Gasteiger partial charge in [0.25, 0.3) is 10.1 Å². The zero-order valence-corrected chi connectivity index (χ0v) is 29.8. The summed E-state index contributed by atoms with van der Waals surface area (Å²) in [5.74, 6) is 0. The molecule has 5 aromatic carbocycles. The molecule has 1 saturated heterocycles. The van der Waals surface area contributed by atoms with Gasteiger partial charge in [0.1, 0.15) is 29.9 Å². The van der Waals surface area contributed by atoms with Gasteiger partial charge in [-0.15, -0.1) is 0 Å². The van der Waals surface area contributed by atoms with Crippen molar-refractivity contribution in [2.24, 2.45) is 0 Å². The van der Waals surface area contributed by atoms with E-state index in [0.717, 1.165) is 32.7 Å². The largest absolute Gasteiger partial charge is 0.368 e. The maximum absolute atomic E-state index is 13.4. The number of hydrogen-bond donors (Lipinski definition) is 0. The third kappa shape index (κ3) is 9.92. The highest BCUT2D eigenvalue weighted by atomic mass is 32.2. The predicted molar refractivity (Wildman–Crippen MR) is 195 cm³/mol. The second kappa shape index (κ2) is 17.4. The maximum Gasteiger partial charge on any atom is 0.297 e. The van der Waals surface area contributed by atoms with Gasteiger partial charge in [0, 0.05) is 4.90 Å². The van der Waals surface area contributed by atoms with Crippen molar-refractivity contribution >= 4 is 21.9 Å². The van der Waals surface area contributed by atoms with Gasteiger partial charge in [-0.3, -0.25) is 4.18 Å². The molecule has 1 aliphatic rings. The van der Waals surface area contributed by atoms with E-state index in [1.807, 2.05) is 117 Å². The SMILES string of the molecule is Cc1ccc(S[C@@H]2O[C@H](COS(=O)(=O)c3ccc(C)cc3)[C@@H](OCc3ccccc3)[C@H](OCc3ccccc3)[C@H]2OCc2ccccc2)cc1. The molecule has 9 heteroatoms. The molecule has 6 rings (SSSR count). The van der Waals surface area contributed by atoms with Crippen LogP contribution in [0.15, 0.2) is 149 Å². The van der Waals surface area contributed by atoms with E-state index in [0.29, 0.717) is 13.2 Å². The Morgan fingerprint density at radius 1 is 0.560 bits per heavy atom. The summed E-state index contributed by atoms with van der Waals surface area (Å²) >= 11 is 1.51. The predicted octanol–water partition coefficient (Wildman–Crippen LogP) is 8.28. The van der Waals surface area contributed by atoms with Crippen LogP contribution in [0.1, 0.15) is 27.8 Å². The minimum atomic E-state index is -4.10. The fraction of sp³-hybridized carbons (Fsp3) is 0.268. The molecule has 0 unspecified atom stereocenters. The van der Waals surface area contributed by atoms with E-state index >= 15 is 0 Å². The molecule has 1 heterocycles. The van der Waals surface area contributed by atoms with Crippen molar-refractivity contribution in [1.29, 1.82) is 0 Å². The number of ether oxygens (including phenoxy) is 4. The minimum absolute atomic E-state index is 0.0761. The quantitative estimate of drug-likeness (QED) is 0.101. The molecule has 0 radical (unpaired) electrons. The Labute approximate surface area is 299 Å². The smallest absolute Gasteiger partial charge is 0.297 e. The molecule has 5 atom stereocenters. The summed E-state index contributed by atoms with van der Waals surface area (Å²) in [5, 5.41) is 0. The first-order valence-corrected chi connectivity index (χ1v) is 18.9. The lowest BCUT2D eigenvalue weighted by Crippen LogP contribution is -2.60. The average Bonchev–Trinajstić information content (AvgIpc) is 3.14. The summed E-state index contributed by atoms with van der Waals surface area (Å²) in [6.45, 7) is 4.53. The highest BCUT2D eigenvalue weighted by molar-refractivity contribution is 7.99. The summed E-state index contributed by atoms with van der Waals surface area (Å²) in [4.78, 5) is 1.05. The lowest BCUT2D eigenvalue weighted by atomic mass is 9.99. The monoisotopic (exact) mass is 710 g/mol. The van der Waals surface area contributed by atoms with E-state index in [2.05, 4.69) is 12.1 Å². The molecule has 0 aromatic heterocycles. The van der Waals surface area contributed by atoms with Gasteiger partial charge in [-0.25, -0.2) is 0 Å². The average molecular weight is 711 g/mol. The third-order valence-corrected chi connectivity index (χ3v) is 10.9. The van der Waals surface area contributed by atoms with Crippen LogP contribution in [0.4, 0.5) is 0 Å². The zero-order valence-electron chi connectivity index (χ0n) is 28.2. The Kier molecular flexibility index (Phi) is 12.5. The van der Waals surface area contributed by atoms with E-state index in [9.17, 15) is 8.42 Å². The van der Waals surface area contributed by atoms with Crippen LogP contribution in [-0.4, -0.2) is 44.9 Å². The Bertz CT molecular complexity index is 1850. The van der Waals surface area contributed by atoms with Gasteiger partial charge in [-0.2, -0.15) is 8.42 Å². The van der Waals surface area contributed by atoms with E-state index in [1.165, 1.54) is 11.8 Å². The summed E-state index contributed by atoms with van der Waals surface area (Å²) in [5.41, 5.74) is 4.45. The first kappa shape index (κ1) is 36.0. The van der Waals surface area contributed by atoms with E-state index in [1.54, 1.807) is 24.3 Å². The van der Waals surface area contributed by atoms with Crippen LogP contribution < -0.4 is 0 Å². The third-order valence-electron chi connectivity index (χ3n) is 8.42. The first-order chi connectivity index (χ1) is 24.3. The lowest BCUT2D eigenvalue weighted by Gasteiger charge is -2.46. The van der Waals surface area contributed by atoms with Crippen LogP contribution in [0.5, 0.6) is 0 Å². The van der Waals surface area contributed by atoms with Gasteiger partial charge in [0.2, 0.25) is 0 Å². The van der Waals surface area contributed by atoms with Crippen molar-refractivity contribution in [3.8, 4) is 0 Å². The van der Waals surface area contributed by atoms with Gasteiger partial charge in [0.15, 0.2) is 0 Å². The Hall–Kier alpha value is -3.80. The van der Waals surface area contributed by atoms with Crippen molar-refractivity contribution in [3.63, 3.8) is 0 Å². The van der Waals surface area contributed by atoms with Crippen molar-refractivity contribution < 1.29 is 31.5 Å². The molecule has 0 amide bonds. The molecule has 1 aliphatic heterocycles. The van der Waals surface area contributed by atoms with E-state index < -0.39 is 40.0 Å². The highest BCUT2D eigenvalue weighted by Crippen LogP contribution is 2.38. The fourth-order valence-electron chi connectivity index (χ4n) is 5.66. The van der Waals surface area contributed by atoms with Crippen molar-refractivity contribution in [3.05, 3.63) is 167 Å². The summed E-state index contributed by atoms with van der Waals surface area (Å²) in [6, 6.07) is 44.5. The van der Waals surface area contributed by atoms with Crippen LogP contribution in [-0.2, 0) is 53.1 Å². The van der Waals surface area contributed by atoms with Gasteiger partial charge < -0.3 is 18.9 Å². The Morgan fingerprint density at radius 3 is 1.50 bits per heavy atom. The van der Waals surface area contributed by atoms with Crippen molar-refractivity contribution in [1.82, 2.24) is 0 Å². The van der Waals surface area contributed by atoms with Crippen LogP contribution in [0.25, 0.3) is 0 Å². The van der Waals surface area contributed by atoms with Crippen molar-refractivity contribution in [2.75, 3.05) is 6.61 Å². The van der Waals surface area contributed by atoms with Crippen LogP contribution in [0, 0.1) is 13.8 Å². The molecular formula is C41H42O7S2. The van der Waals surface area contributed by atoms with Gasteiger partial charge in [-0.05, 0) is 54.8 Å². The molecule has 1 fully saturated rings. The van der Waals surface area contributed by atoms with E-state index in [-0.39, 0.29) is 18.1 Å². The minimum Gasteiger partial charge on any atom is -0.368 e. The normalized spacial score (nSPS) is 20.8. The first-order valence-electron chi connectivity index (χ1n) is 16.7. The Morgan fingerprint density at radius 2 is 1.00 bits per heavy atom.